The maximum atomic E-state index is 12.5. The molecule has 0 spiro atoms. The van der Waals surface area contributed by atoms with E-state index >= 15 is 0 Å². The van der Waals surface area contributed by atoms with Crippen molar-refractivity contribution in [3.05, 3.63) is 84.4 Å². The monoisotopic (exact) mass is 401 g/mol. The molecule has 6 heteroatoms. The van der Waals surface area contributed by atoms with Crippen molar-refractivity contribution in [2.75, 3.05) is 11.1 Å². The number of carbonyl (C=O) groups is 1. The van der Waals surface area contributed by atoms with Crippen LogP contribution in [0.2, 0.25) is 0 Å². The van der Waals surface area contributed by atoms with Crippen molar-refractivity contribution < 1.29 is 9.21 Å². The first-order valence-electron chi connectivity index (χ1n) is 9.17. The van der Waals surface area contributed by atoms with Gasteiger partial charge in [-0.3, -0.25) is 4.79 Å². The van der Waals surface area contributed by atoms with Crippen molar-refractivity contribution in [1.29, 1.82) is 0 Å². The molecule has 0 aliphatic rings. The molecule has 0 radical (unpaired) electrons. The summed E-state index contributed by atoms with van der Waals surface area (Å²) in [7, 11) is 0. The molecule has 1 aromatic heterocycles. The SMILES string of the molecule is Cc1ccccc1-c1nnc(SCC(=O)Nc2ccccc2-c2ccccc2)o1. The second kappa shape index (κ2) is 8.75. The van der Waals surface area contributed by atoms with E-state index in [2.05, 4.69) is 15.5 Å². The molecule has 0 saturated carbocycles. The lowest BCUT2D eigenvalue weighted by molar-refractivity contribution is -0.113. The molecule has 0 atom stereocenters. The first-order chi connectivity index (χ1) is 14.2. The zero-order valence-corrected chi connectivity index (χ0v) is 16.6. The molecule has 1 N–H and O–H groups in total. The number of thioether (sulfide) groups is 1. The molecule has 4 rings (SSSR count). The summed E-state index contributed by atoms with van der Waals surface area (Å²) in [6.07, 6.45) is 0. The third-order valence-electron chi connectivity index (χ3n) is 4.39. The highest BCUT2D eigenvalue weighted by molar-refractivity contribution is 7.99. The Morgan fingerprint density at radius 3 is 2.38 bits per heavy atom. The lowest BCUT2D eigenvalue weighted by Crippen LogP contribution is -2.14. The van der Waals surface area contributed by atoms with Gasteiger partial charge >= 0.3 is 0 Å². The van der Waals surface area contributed by atoms with Gasteiger partial charge in [0.25, 0.3) is 5.22 Å². The van der Waals surface area contributed by atoms with Crippen LogP contribution in [0.1, 0.15) is 5.56 Å². The van der Waals surface area contributed by atoms with Gasteiger partial charge in [-0.1, -0.05) is 78.5 Å². The number of amides is 1. The molecule has 5 nitrogen and oxygen atoms in total. The molecule has 0 unspecified atom stereocenters. The van der Waals surface area contributed by atoms with Gasteiger partial charge in [-0.15, -0.1) is 10.2 Å². The van der Waals surface area contributed by atoms with Gasteiger partial charge in [0.05, 0.1) is 5.75 Å². The summed E-state index contributed by atoms with van der Waals surface area (Å²) >= 11 is 1.22. The molecule has 0 aliphatic heterocycles. The van der Waals surface area contributed by atoms with Crippen molar-refractivity contribution in [1.82, 2.24) is 10.2 Å². The van der Waals surface area contributed by atoms with Gasteiger partial charge < -0.3 is 9.73 Å². The molecule has 4 aromatic rings. The molecule has 0 bridgehead atoms. The number of benzene rings is 3. The molecule has 0 saturated heterocycles. The Balaban J connectivity index is 1.41. The van der Waals surface area contributed by atoms with E-state index in [1.54, 1.807) is 0 Å². The molecule has 3 aromatic carbocycles. The number of hydrogen-bond acceptors (Lipinski definition) is 5. The fourth-order valence-corrected chi connectivity index (χ4v) is 3.53. The maximum absolute atomic E-state index is 12.5. The normalized spacial score (nSPS) is 10.7. The van der Waals surface area contributed by atoms with Crippen LogP contribution in [-0.2, 0) is 4.79 Å². The minimum atomic E-state index is -0.131. The summed E-state index contributed by atoms with van der Waals surface area (Å²) < 4.78 is 5.70. The Hall–Kier alpha value is -3.38. The molecule has 1 heterocycles. The third-order valence-corrected chi connectivity index (χ3v) is 5.21. The number of hydrogen-bond donors (Lipinski definition) is 1. The highest BCUT2D eigenvalue weighted by Crippen LogP contribution is 2.28. The summed E-state index contributed by atoms with van der Waals surface area (Å²) in [4.78, 5) is 12.5. The van der Waals surface area contributed by atoms with E-state index in [0.29, 0.717) is 11.1 Å². The van der Waals surface area contributed by atoms with Crippen molar-refractivity contribution in [2.45, 2.75) is 12.1 Å². The predicted molar refractivity (Wildman–Crippen MR) is 116 cm³/mol. The molecule has 0 aliphatic carbocycles. The van der Waals surface area contributed by atoms with Crippen molar-refractivity contribution >= 4 is 23.4 Å². The van der Waals surface area contributed by atoms with Crippen molar-refractivity contribution in [3.8, 4) is 22.6 Å². The minimum Gasteiger partial charge on any atom is -0.411 e. The third kappa shape index (κ3) is 4.55. The Kier molecular flexibility index (Phi) is 5.72. The van der Waals surface area contributed by atoms with Gasteiger partial charge in [0, 0.05) is 16.8 Å². The first kappa shape index (κ1) is 19.0. The summed E-state index contributed by atoms with van der Waals surface area (Å²) in [5.41, 5.74) is 4.76. The van der Waals surface area contributed by atoms with Crippen LogP contribution >= 0.6 is 11.8 Å². The lowest BCUT2D eigenvalue weighted by atomic mass is 10.0. The topological polar surface area (TPSA) is 68.0 Å². The van der Waals surface area contributed by atoms with E-state index in [0.717, 1.165) is 27.9 Å². The van der Waals surface area contributed by atoms with E-state index in [9.17, 15) is 4.79 Å². The van der Waals surface area contributed by atoms with Gasteiger partial charge in [0.15, 0.2) is 0 Å². The standard InChI is InChI=1S/C23H19N3O2S/c1-16-9-5-6-12-18(16)22-25-26-23(28-22)29-15-21(27)24-20-14-8-7-13-19(20)17-10-3-2-4-11-17/h2-14H,15H2,1H3,(H,24,27). The molecule has 0 fully saturated rings. The fraction of sp³-hybridized carbons (Fsp3) is 0.0870. The molecular weight excluding hydrogens is 382 g/mol. The van der Waals surface area contributed by atoms with E-state index < -0.39 is 0 Å². The number of carbonyl (C=O) groups excluding carboxylic acids is 1. The number of aryl methyl sites for hydroxylation is 1. The number of nitrogens with zero attached hydrogens (tertiary/aromatic N) is 2. The van der Waals surface area contributed by atoms with Crippen molar-refractivity contribution in [3.63, 3.8) is 0 Å². The summed E-state index contributed by atoms with van der Waals surface area (Å²) in [6.45, 7) is 1.99. The Labute approximate surface area is 173 Å². The minimum absolute atomic E-state index is 0.131. The number of nitrogens with one attached hydrogen (secondary N) is 1. The van der Waals surface area contributed by atoms with Crippen LogP contribution in [0.3, 0.4) is 0 Å². The number of anilines is 1. The molecule has 1 amide bonds. The highest BCUT2D eigenvalue weighted by Gasteiger charge is 2.13. The van der Waals surface area contributed by atoms with Gasteiger partial charge in [0.1, 0.15) is 0 Å². The number of aromatic nitrogens is 2. The number of para-hydroxylation sites is 1. The summed E-state index contributed by atoms with van der Waals surface area (Å²) in [5, 5.41) is 11.5. The first-order valence-corrected chi connectivity index (χ1v) is 10.2. The molecular formula is C23H19N3O2S. The van der Waals surface area contributed by atoms with E-state index in [1.165, 1.54) is 11.8 Å². The fourth-order valence-electron chi connectivity index (χ4n) is 2.96. The maximum Gasteiger partial charge on any atom is 0.277 e. The molecule has 29 heavy (non-hydrogen) atoms. The van der Waals surface area contributed by atoms with Gasteiger partial charge in [-0.2, -0.15) is 0 Å². The van der Waals surface area contributed by atoms with E-state index in [4.69, 9.17) is 4.42 Å². The average molecular weight is 401 g/mol. The van der Waals surface area contributed by atoms with Crippen molar-refractivity contribution in [2.24, 2.45) is 0 Å². The smallest absolute Gasteiger partial charge is 0.277 e. The van der Waals surface area contributed by atoms with Crippen LogP contribution in [0.4, 0.5) is 5.69 Å². The summed E-state index contributed by atoms with van der Waals surface area (Å²) in [5.74, 6) is 0.507. The zero-order valence-electron chi connectivity index (χ0n) is 15.8. The van der Waals surface area contributed by atoms with Crippen LogP contribution in [0.25, 0.3) is 22.6 Å². The van der Waals surface area contributed by atoms with Gasteiger partial charge in [-0.25, -0.2) is 0 Å². The zero-order chi connectivity index (χ0) is 20.1. The quantitative estimate of drug-likeness (QED) is 0.436. The Bertz CT molecular complexity index is 1130. The lowest BCUT2D eigenvalue weighted by Gasteiger charge is -2.10. The van der Waals surface area contributed by atoms with Crippen LogP contribution < -0.4 is 5.32 Å². The second-order valence-corrected chi connectivity index (χ2v) is 7.36. The number of rotatable bonds is 6. The largest absolute Gasteiger partial charge is 0.411 e. The predicted octanol–water partition coefficient (Wildman–Crippen LogP) is 5.44. The van der Waals surface area contributed by atoms with Crippen LogP contribution in [0.15, 0.2) is 88.5 Å². The average Bonchev–Trinajstić information content (AvgIpc) is 3.22. The van der Waals surface area contributed by atoms with Crippen LogP contribution in [-0.4, -0.2) is 21.9 Å². The molecule has 144 valence electrons. The van der Waals surface area contributed by atoms with Gasteiger partial charge in [0.2, 0.25) is 11.8 Å². The van der Waals surface area contributed by atoms with E-state index in [1.807, 2.05) is 85.8 Å². The van der Waals surface area contributed by atoms with Crippen LogP contribution in [0.5, 0.6) is 0 Å². The highest BCUT2D eigenvalue weighted by atomic mass is 32.2. The van der Waals surface area contributed by atoms with Gasteiger partial charge in [-0.05, 0) is 30.2 Å². The van der Waals surface area contributed by atoms with Crippen LogP contribution in [0, 0.1) is 6.92 Å². The Morgan fingerprint density at radius 1 is 0.897 bits per heavy atom. The Morgan fingerprint density at radius 2 is 1.59 bits per heavy atom. The van der Waals surface area contributed by atoms with E-state index in [-0.39, 0.29) is 11.7 Å². The second-order valence-electron chi connectivity index (χ2n) is 6.44. The summed E-state index contributed by atoms with van der Waals surface area (Å²) in [6, 6.07) is 25.5.